The minimum atomic E-state index is -2.89. The first kappa shape index (κ1) is 18.2. The van der Waals surface area contributed by atoms with E-state index in [1.807, 2.05) is 13.0 Å². The Morgan fingerprint density at radius 3 is 2.44 bits per heavy atom. The van der Waals surface area contributed by atoms with Crippen LogP contribution in [0.25, 0.3) is 0 Å². The molecule has 1 heterocycles. The summed E-state index contributed by atoms with van der Waals surface area (Å²) in [6.45, 7) is -1.05. The molecule has 0 atom stereocenters. The first-order valence-electron chi connectivity index (χ1n) is 8.03. The van der Waals surface area contributed by atoms with Crippen LogP contribution in [0.2, 0.25) is 0 Å². The minimum absolute atomic E-state index is 0.0217. The van der Waals surface area contributed by atoms with E-state index < -0.39 is 6.61 Å². The standard InChI is InChI=1S/C19H16F2N4O2/c1-12-5-10-17(25-24-12)22-15-4-2-3-13(11-15)18(26)23-14-6-8-16(9-7-14)27-19(20)21/h2-11,19H,1H3,(H,22,25)(H,23,26). The number of ether oxygens (including phenoxy) is 1. The van der Waals surface area contributed by atoms with E-state index in [1.165, 1.54) is 24.3 Å². The van der Waals surface area contributed by atoms with E-state index in [1.54, 1.807) is 30.3 Å². The molecular weight excluding hydrogens is 354 g/mol. The maximum atomic E-state index is 12.4. The summed E-state index contributed by atoms with van der Waals surface area (Å²) in [6.07, 6.45) is 0. The lowest BCUT2D eigenvalue weighted by molar-refractivity contribution is -0.0498. The van der Waals surface area contributed by atoms with Crippen LogP contribution in [0.5, 0.6) is 5.75 Å². The Labute approximate surface area is 154 Å². The Balaban J connectivity index is 1.67. The van der Waals surface area contributed by atoms with Gasteiger partial charge in [0.1, 0.15) is 5.75 Å². The Hall–Kier alpha value is -3.55. The lowest BCUT2D eigenvalue weighted by atomic mass is 10.1. The zero-order valence-electron chi connectivity index (χ0n) is 14.3. The van der Waals surface area contributed by atoms with E-state index in [0.717, 1.165) is 5.69 Å². The van der Waals surface area contributed by atoms with Crippen LogP contribution in [0.1, 0.15) is 16.1 Å². The fourth-order valence-electron chi connectivity index (χ4n) is 2.27. The molecular formula is C19H16F2N4O2. The molecule has 0 aliphatic carbocycles. The predicted molar refractivity (Wildman–Crippen MR) is 97.5 cm³/mol. The van der Waals surface area contributed by atoms with Crippen LogP contribution < -0.4 is 15.4 Å². The molecule has 1 aromatic heterocycles. The summed E-state index contributed by atoms with van der Waals surface area (Å²) in [5.41, 5.74) is 2.37. The number of nitrogens with one attached hydrogen (secondary N) is 2. The highest BCUT2D eigenvalue weighted by atomic mass is 19.3. The van der Waals surface area contributed by atoms with Crippen molar-refractivity contribution < 1.29 is 18.3 Å². The summed E-state index contributed by atoms with van der Waals surface area (Å²) in [5.74, 6) is 0.248. The molecule has 0 saturated heterocycles. The second-order valence-corrected chi connectivity index (χ2v) is 5.62. The summed E-state index contributed by atoms with van der Waals surface area (Å²) in [7, 11) is 0. The van der Waals surface area contributed by atoms with Crippen molar-refractivity contribution in [2.75, 3.05) is 10.6 Å². The molecule has 27 heavy (non-hydrogen) atoms. The molecule has 0 aliphatic rings. The average molecular weight is 370 g/mol. The molecule has 2 aromatic carbocycles. The van der Waals surface area contributed by atoms with E-state index in [0.29, 0.717) is 22.8 Å². The molecule has 0 unspecified atom stereocenters. The van der Waals surface area contributed by atoms with Gasteiger partial charge in [-0.05, 0) is 61.5 Å². The summed E-state index contributed by atoms with van der Waals surface area (Å²) in [5, 5.41) is 13.8. The van der Waals surface area contributed by atoms with Gasteiger partial charge in [-0.1, -0.05) is 6.07 Å². The van der Waals surface area contributed by atoms with Gasteiger partial charge in [0.2, 0.25) is 0 Å². The second-order valence-electron chi connectivity index (χ2n) is 5.62. The average Bonchev–Trinajstić information content (AvgIpc) is 2.65. The van der Waals surface area contributed by atoms with E-state index in [2.05, 4.69) is 25.6 Å². The van der Waals surface area contributed by atoms with Crippen LogP contribution in [0.3, 0.4) is 0 Å². The number of aromatic nitrogens is 2. The third kappa shape index (κ3) is 5.21. The molecule has 1 amide bonds. The number of anilines is 3. The Morgan fingerprint density at radius 2 is 1.78 bits per heavy atom. The Morgan fingerprint density at radius 1 is 1.00 bits per heavy atom. The largest absolute Gasteiger partial charge is 0.435 e. The van der Waals surface area contributed by atoms with Gasteiger partial charge in [0.25, 0.3) is 5.91 Å². The highest BCUT2D eigenvalue weighted by Crippen LogP contribution is 2.20. The molecule has 3 aromatic rings. The number of aryl methyl sites for hydroxylation is 1. The van der Waals surface area contributed by atoms with Gasteiger partial charge < -0.3 is 15.4 Å². The van der Waals surface area contributed by atoms with E-state index in [4.69, 9.17) is 0 Å². The predicted octanol–water partition coefficient (Wildman–Crippen LogP) is 4.38. The first-order chi connectivity index (χ1) is 13.0. The topological polar surface area (TPSA) is 76.1 Å². The van der Waals surface area contributed by atoms with Crippen molar-refractivity contribution in [2.24, 2.45) is 0 Å². The number of hydrogen-bond acceptors (Lipinski definition) is 5. The summed E-state index contributed by atoms with van der Waals surface area (Å²) >= 11 is 0. The van der Waals surface area contributed by atoms with Gasteiger partial charge >= 0.3 is 6.61 Å². The Bertz CT molecular complexity index is 916. The van der Waals surface area contributed by atoms with Crippen molar-refractivity contribution in [1.82, 2.24) is 10.2 Å². The monoisotopic (exact) mass is 370 g/mol. The number of rotatable bonds is 6. The number of amides is 1. The first-order valence-corrected chi connectivity index (χ1v) is 8.03. The van der Waals surface area contributed by atoms with Crippen LogP contribution in [-0.4, -0.2) is 22.7 Å². The third-order valence-electron chi connectivity index (χ3n) is 3.53. The van der Waals surface area contributed by atoms with Gasteiger partial charge in [-0.3, -0.25) is 4.79 Å². The van der Waals surface area contributed by atoms with Crippen LogP contribution >= 0.6 is 0 Å². The van der Waals surface area contributed by atoms with Gasteiger partial charge in [0.05, 0.1) is 5.69 Å². The minimum Gasteiger partial charge on any atom is -0.435 e. The summed E-state index contributed by atoms with van der Waals surface area (Å²) in [6, 6.07) is 16.2. The van der Waals surface area contributed by atoms with Crippen molar-refractivity contribution in [2.45, 2.75) is 13.5 Å². The second kappa shape index (κ2) is 8.22. The van der Waals surface area contributed by atoms with Crippen molar-refractivity contribution in [3.05, 3.63) is 71.9 Å². The smallest absolute Gasteiger partial charge is 0.387 e. The van der Waals surface area contributed by atoms with Crippen molar-refractivity contribution in [3.63, 3.8) is 0 Å². The molecule has 0 saturated carbocycles. The molecule has 0 spiro atoms. The molecule has 8 heteroatoms. The summed E-state index contributed by atoms with van der Waals surface area (Å²) in [4.78, 5) is 12.4. The van der Waals surface area contributed by atoms with Crippen molar-refractivity contribution in [1.29, 1.82) is 0 Å². The van der Waals surface area contributed by atoms with Crippen molar-refractivity contribution in [3.8, 4) is 5.75 Å². The Kier molecular flexibility index (Phi) is 5.55. The molecule has 138 valence electrons. The zero-order valence-corrected chi connectivity index (χ0v) is 14.3. The fourth-order valence-corrected chi connectivity index (χ4v) is 2.27. The summed E-state index contributed by atoms with van der Waals surface area (Å²) < 4.78 is 28.6. The van der Waals surface area contributed by atoms with E-state index in [9.17, 15) is 13.6 Å². The highest BCUT2D eigenvalue weighted by molar-refractivity contribution is 6.04. The number of hydrogen-bond donors (Lipinski definition) is 2. The number of carbonyl (C=O) groups excluding carboxylic acids is 1. The van der Waals surface area contributed by atoms with Gasteiger partial charge in [0.15, 0.2) is 5.82 Å². The quantitative estimate of drug-likeness (QED) is 0.673. The maximum Gasteiger partial charge on any atom is 0.387 e. The van der Waals surface area contributed by atoms with E-state index >= 15 is 0 Å². The fraction of sp³-hybridized carbons (Fsp3) is 0.105. The van der Waals surface area contributed by atoms with E-state index in [-0.39, 0.29) is 11.7 Å². The third-order valence-corrected chi connectivity index (χ3v) is 3.53. The lowest BCUT2D eigenvalue weighted by Crippen LogP contribution is -2.12. The highest BCUT2D eigenvalue weighted by Gasteiger charge is 2.09. The molecule has 6 nitrogen and oxygen atoms in total. The van der Waals surface area contributed by atoms with Crippen LogP contribution in [0.4, 0.5) is 26.0 Å². The normalized spacial score (nSPS) is 10.5. The van der Waals surface area contributed by atoms with Gasteiger partial charge in [-0.2, -0.15) is 13.9 Å². The zero-order chi connectivity index (χ0) is 19.2. The molecule has 0 aliphatic heterocycles. The van der Waals surface area contributed by atoms with Crippen LogP contribution in [0, 0.1) is 6.92 Å². The molecule has 0 radical (unpaired) electrons. The number of nitrogens with zero attached hydrogens (tertiary/aromatic N) is 2. The van der Waals surface area contributed by atoms with Gasteiger partial charge in [-0.15, -0.1) is 5.10 Å². The lowest BCUT2D eigenvalue weighted by Gasteiger charge is -2.09. The number of benzene rings is 2. The molecule has 2 N–H and O–H groups in total. The van der Waals surface area contributed by atoms with Gasteiger partial charge in [-0.25, -0.2) is 0 Å². The van der Waals surface area contributed by atoms with Crippen LogP contribution in [0.15, 0.2) is 60.7 Å². The molecule has 3 rings (SSSR count). The number of alkyl halides is 2. The van der Waals surface area contributed by atoms with Gasteiger partial charge in [0, 0.05) is 16.9 Å². The van der Waals surface area contributed by atoms with Crippen LogP contribution in [-0.2, 0) is 0 Å². The number of halogens is 2. The number of carbonyl (C=O) groups is 1. The van der Waals surface area contributed by atoms with Crippen molar-refractivity contribution >= 4 is 23.1 Å². The maximum absolute atomic E-state index is 12.4. The SMILES string of the molecule is Cc1ccc(Nc2cccc(C(=O)Nc3ccc(OC(F)F)cc3)c2)nn1. The molecule has 0 fully saturated rings. The molecule has 0 bridgehead atoms.